The zero-order valence-electron chi connectivity index (χ0n) is 26.8. The molecule has 2 nitrogen and oxygen atoms in total. The highest BCUT2D eigenvalue weighted by atomic mass is 15.1. The van der Waals surface area contributed by atoms with Crippen molar-refractivity contribution >= 4 is 0 Å². The van der Waals surface area contributed by atoms with E-state index in [1.807, 2.05) is 6.20 Å². The van der Waals surface area contributed by atoms with Crippen molar-refractivity contribution in [2.24, 2.45) is 5.92 Å². The molecule has 0 amide bonds. The Hall–Kier alpha value is -1.57. The lowest BCUT2D eigenvalue weighted by Crippen LogP contribution is -2.21. The summed E-state index contributed by atoms with van der Waals surface area (Å²) in [5, 5.41) is 0. The second-order valence-corrected chi connectivity index (χ2v) is 12.7. The van der Waals surface area contributed by atoms with Gasteiger partial charge in [-0.25, -0.2) is 4.98 Å². The smallest absolute Gasteiger partial charge is 0.0948 e. The molecule has 0 bridgehead atoms. The first-order chi connectivity index (χ1) is 19.8. The lowest BCUT2D eigenvalue weighted by atomic mass is 9.84. The summed E-state index contributed by atoms with van der Waals surface area (Å²) in [4.78, 5) is 4.46. The van der Waals surface area contributed by atoms with E-state index in [0.717, 1.165) is 0 Å². The number of nitrogens with zero attached hydrogens (tertiary/aromatic N) is 2. The van der Waals surface area contributed by atoms with Crippen molar-refractivity contribution in [1.29, 1.82) is 0 Å². The molecule has 0 fully saturated rings. The third-order valence-corrected chi connectivity index (χ3v) is 9.07. The van der Waals surface area contributed by atoms with Crippen LogP contribution in [-0.4, -0.2) is 9.55 Å². The van der Waals surface area contributed by atoms with Crippen molar-refractivity contribution in [2.45, 2.75) is 180 Å². The van der Waals surface area contributed by atoms with Crippen LogP contribution in [0.2, 0.25) is 0 Å². The number of rotatable bonds is 28. The molecule has 0 N–H and O–H groups in total. The summed E-state index contributed by atoms with van der Waals surface area (Å²) in [6.45, 7) is 4.61. The van der Waals surface area contributed by atoms with E-state index in [1.54, 1.807) is 0 Å². The molecule has 0 aliphatic heterocycles. The van der Waals surface area contributed by atoms with Crippen LogP contribution in [0, 0.1) is 5.92 Å². The van der Waals surface area contributed by atoms with E-state index in [0.29, 0.717) is 12.0 Å². The molecule has 0 aliphatic carbocycles. The van der Waals surface area contributed by atoms with E-state index < -0.39 is 0 Å². The summed E-state index contributed by atoms with van der Waals surface area (Å²) in [7, 11) is 0. The first kappa shape index (κ1) is 34.6. The largest absolute Gasteiger partial charge is 0.334 e. The van der Waals surface area contributed by atoms with E-state index in [9.17, 15) is 0 Å². The van der Waals surface area contributed by atoms with Crippen LogP contribution in [0.4, 0.5) is 0 Å². The van der Waals surface area contributed by atoms with Gasteiger partial charge in [0, 0.05) is 18.4 Å². The van der Waals surface area contributed by atoms with Gasteiger partial charge in [0.25, 0.3) is 0 Å². The SMILES string of the molecule is CCCCCCCCCCCCCCC(Cc1ccccc1)C(CCCCCCCCCCCC)n1ccnc1. The average Bonchev–Trinajstić information content (AvgIpc) is 3.51. The van der Waals surface area contributed by atoms with Gasteiger partial charge in [-0.05, 0) is 30.7 Å². The van der Waals surface area contributed by atoms with Crippen molar-refractivity contribution in [3.63, 3.8) is 0 Å². The fourth-order valence-corrected chi connectivity index (χ4v) is 6.53. The van der Waals surface area contributed by atoms with E-state index in [2.05, 4.69) is 66.3 Å². The molecule has 228 valence electrons. The zero-order valence-corrected chi connectivity index (χ0v) is 26.8. The fourth-order valence-electron chi connectivity index (χ4n) is 6.53. The van der Waals surface area contributed by atoms with Crippen molar-refractivity contribution in [1.82, 2.24) is 9.55 Å². The van der Waals surface area contributed by atoms with Gasteiger partial charge in [0.15, 0.2) is 0 Å². The average molecular weight is 551 g/mol. The van der Waals surface area contributed by atoms with Gasteiger partial charge < -0.3 is 4.57 Å². The van der Waals surface area contributed by atoms with Gasteiger partial charge in [-0.1, -0.05) is 185 Å². The molecule has 2 unspecified atom stereocenters. The third kappa shape index (κ3) is 17.3. The molecule has 1 heterocycles. The Kier molecular flexibility index (Phi) is 21.8. The van der Waals surface area contributed by atoms with Gasteiger partial charge in [-0.15, -0.1) is 0 Å². The van der Waals surface area contributed by atoms with Crippen LogP contribution >= 0.6 is 0 Å². The zero-order chi connectivity index (χ0) is 28.4. The Morgan fingerprint density at radius 1 is 0.550 bits per heavy atom. The first-order valence-electron chi connectivity index (χ1n) is 17.9. The van der Waals surface area contributed by atoms with Gasteiger partial charge in [0.1, 0.15) is 0 Å². The van der Waals surface area contributed by atoms with Gasteiger partial charge in [-0.3, -0.25) is 0 Å². The minimum absolute atomic E-state index is 0.574. The monoisotopic (exact) mass is 551 g/mol. The topological polar surface area (TPSA) is 17.8 Å². The lowest BCUT2D eigenvalue weighted by Gasteiger charge is -2.29. The van der Waals surface area contributed by atoms with Gasteiger partial charge in [-0.2, -0.15) is 0 Å². The van der Waals surface area contributed by atoms with Crippen molar-refractivity contribution in [3.05, 3.63) is 54.6 Å². The molecular formula is C38H66N2. The Balaban J connectivity index is 1.74. The normalized spacial score (nSPS) is 13.1. The van der Waals surface area contributed by atoms with E-state index in [4.69, 9.17) is 0 Å². The van der Waals surface area contributed by atoms with Crippen molar-refractivity contribution in [2.75, 3.05) is 0 Å². The maximum atomic E-state index is 4.46. The van der Waals surface area contributed by atoms with Crippen LogP contribution in [0.5, 0.6) is 0 Å². The highest BCUT2D eigenvalue weighted by Crippen LogP contribution is 2.32. The summed E-state index contributed by atoms with van der Waals surface area (Å²) < 4.78 is 2.45. The number of benzene rings is 1. The Labute approximate surface area is 250 Å². The highest BCUT2D eigenvalue weighted by molar-refractivity contribution is 5.15. The predicted molar refractivity (Wildman–Crippen MR) is 177 cm³/mol. The molecule has 1 aromatic heterocycles. The number of hydrogen-bond acceptors (Lipinski definition) is 1. The minimum Gasteiger partial charge on any atom is -0.334 e. The summed E-state index contributed by atoms with van der Waals surface area (Å²) in [6, 6.07) is 11.8. The van der Waals surface area contributed by atoms with E-state index in [-0.39, 0.29) is 0 Å². The standard InChI is InChI=1S/C38H66N2/c1-3-5-7-9-11-13-15-16-17-19-21-26-30-37(34-36-28-24-23-25-29-36)38(40-33-32-39-35-40)31-27-22-20-18-14-12-10-8-6-4-2/h23-25,28-29,32-33,35,37-38H,3-22,26-27,30-31,34H2,1-2H3. The van der Waals surface area contributed by atoms with Crippen molar-refractivity contribution in [3.8, 4) is 0 Å². The number of hydrogen-bond donors (Lipinski definition) is 0. The second-order valence-electron chi connectivity index (χ2n) is 12.7. The van der Waals surface area contributed by atoms with Gasteiger partial charge in [0.05, 0.1) is 6.33 Å². The molecular weight excluding hydrogens is 484 g/mol. The quantitative estimate of drug-likeness (QED) is 0.0963. The van der Waals surface area contributed by atoms with Crippen molar-refractivity contribution < 1.29 is 0 Å². The van der Waals surface area contributed by atoms with Crippen LogP contribution < -0.4 is 0 Å². The van der Waals surface area contributed by atoms with Crippen LogP contribution in [0.3, 0.4) is 0 Å². The molecule has 0 saturated carbocycles. The van der Waals surface area contributed by atoms with E-state index in [1.165, 1.54) is 166 Å². The van der Waals surface area contributed by atoms with E-state index >= 15 is 0 Å². The maximum Gasteiger partial charge on any atom is 0.0948 e. The lowest BCUT2D eigenvalue weighted by molar-refractivity contribution is 0.275. The Morgan fingerprint density at radius 3 is 1.45 bits per heavy atom. The first-order valence-corrected chi connectivity index (χ1v) is 17.9. The molecule has 40 heavy (non-hydrogen) atoms. The second kappa shape index (κ2) is 25.2. The van der Waals surface area contributed by atoms with Gasteiger partial charge in [0.2, 0.25) is 0 Å². The number of aromatic nitrogens is 2. The van der Waals surface area contributed by atoms with Crippen LogP contribution in [0.15, 0.2) is 49.1 Å². The molecule has 0 spiro atoms. The molecule has 2 rings (SSSR count). The Bertz CT molecular complexity index is 753. The summed E-state index contributed by atoms with van der Waals surface area (Å²) in [5.74, 6) is 0.693. The minimum atomic E-state index is 0.574. The molecule has 2 atom stereocenters. The molecule has 2 aromatic rings. The highest BCUT2D eigenvalue weighted by Gasteiger charge is 2.23. The van der Waals surface area contributed by atoms with Gasteiger partial charge >= 0.3 is 0 Å². The number of imidazole rings is 1. The summed E-state index contributed by atoms with van der Waals surface area (Å²) in [6.07, 6.45) is 41.3. The molecule has 0 aliphatic rings. The third-order valence-electron chi connectivity index (χ3n) is 9.07. The number of unbranched alkanes of at least 4 members (excludes halogenated alkanes) is 20. The van der Waals surface area contributed by atoms with Crippen LogP contribution in [0.25, 0.3) is 0 Å². The summed E-state index contributed by atoms with van der Waals surface area (Å²) in [5.41, 5.74) is 1.50. The molecule has 2 heteroatoms. The van der Waals surface area contributed by atoms with Crippen LogP contribution in [-0.2, 0) is 6.42 Å². The Morgan fingerprint density at radius 2 is 1.00 bits per heavy atom. The van der Waals surface area contributed by atoms with Crippen LogP contribution in [0.1, 0.15) is 180 Å². The maximum absolute atomic E-state index is 4.46. The predicted octanol–water partition coefficient (Wildman–Crippen LogP) is 12.7. The summed E-state index contributed by atoms with van der Waals surface area (Å²) >= 11 is 0. The fraction of sp³-hybridized carbons (Fsp3) is 0.763. The molecule has 1 aromatic carbocycles. The molecule has 0 radical (unpaired) electrons. The molecule has 0 saturated heterocycles.